The largest absolute Gasteiger partial charge is 0.489 e. The first kappa shape index (κ1) is 14.9. The fourth-order valence-electron chi connectivity index (χ4n) is 1.81. The van der Waals surface area contributed by atoms with Gasteiger partial charge in [0, 0.05) is 16.1 Å². The van der Waals surface area contributed by atoms with Crippen LogP contribution in [0.25, 0.3) is 0 Å². The number of hydrogen-bond acceptors (Lipinski definition) is 2. The molecule has 0 saturated heterocycles. The second kappa shape index (κ2) is 6.81. The van der Waals surface area contributed by atoms with Gasteiger partial charge in [0.05, 0.1) is 0 Å². The number of ether oxygens (including phenoxy) is 1. The highest BCUT2D eigenvalue weighted by molar-refractivity contribution is 9.10. The number of benzene rings is 2. The molecule has 20 heavy (non-hydrogen) atoms. The van der Waals surface area contributed by atoms with E-state index in [9.17, 15) is 8.78 Å². The SMILES string of the molecule is NCCc1cc(F)cc(OCc2ccc(F)cc2Br)c1. The zero-order valence-electron chi connectivity index (χ0n) is 10.7. The van der Waals surface area contributed by atoms with E-state index in [-0.39, 0.29) is 18.2 Å². The highest BCUT2D eigenvalue weighted by atomic mass is 79.9. The molecule has 0 aliphatic carbocycles. The third-order valence-electron chi connectivity index (χ3n) is 2.77. The van der Waals surface area contributed by atoms with Crippen molar-refractivity contribution in [3.63, 3.8) is 0 Å². The Morgan fingerprint density at radius 3 is 2.55 bits per heavy atom. The van der Waals surface area contributed by atoms with Crippen molar-refractivity contribution in [1.29, 1.82) is 0 Å². The van der Waals surface area contributed by atoms with Crippen LogP contribution in [0.3, 0.4) is 0 Å². The van der Waals surface area contributed by atoms with Crippen LogP contribution in [0.15, 0.2) is 40.9 Å². The summed E-state index contributed by atoms with van der Waals surface area (Å²) in [5.74, 6) is -0.245. The van der Waals surface area contributed by atoms with Crippen LogP contribution in [0.4, 0.5) is 8.78 Å². The zero-order valence-corrected chi connectivity index (χ0v) is 12.3. The van der Waals surface area contributed by atoms with Crippen LogP contribution >= 0.6 is 15.9 Å². The maximum absolute atomic E-state index is 13.4. The topological polar surface area (TPSA) is 35.2 Å². The van der Waals surface area contributed by atoms with Gasteiger partial charge < -0.3 is 10.5 Å². The van der Waals surface area contributed by atoms with Crippen LogP contribution in [0.1, 0.15) is 11.1 Å². The van der Waals surface area contributed by atoms with Gasteiger partial charge in [0.2, 0.25) is 0 Å². The van der Waals surface area contributed by atoms with Crippen molar-refractivity contribution in [1.82, 2.24) is 0 Å². The summed E-state index contributed by atoms with van der Waals surface area (Å²) >= 11 is 3.26. The van der Waals surface area contributed by atoms with E-state index < -0.39 is 0 Å². The second-order valence-corrected chi connectivity index (χ2v) is 5.21. The lowest BCUT2D eigenvalue weighted by Gasteiger charge is -2.10. The van der Waals surface area contributed by atoms with Gasteiger partial charge in [-0.05, 0) is 42.8 Å². The van der Waals surface area contributed by atoms with Crippen molar-refractivity contribution in [3.8, 4) is 5.75 Å². The molecule has 0 heterocycles. The number of halogens is 3. The molecule has 0 saturated carbocycles. The van der Waals surface area contributed by atoms with E-state index in [0.717, 1.165) is 11.1 Å². The highest BCUT2D eigenvalue weighted by Crippen LogP contribution is 2.22. The summed E-state index contributed by atoms with van der Waals surface area (Å²) in [6, 6.07) is 8.86. The normalized spacial score (nSPS) is 10.6. The maximum atomic E-state index is 13.4. The van der Waals surface area contributed by atoms with Gasteiger partial charge in [-0.2, -0.15) is 0 Å². The molecule has 0 amide bonds. The summed E-state index contributed by atoms with van der Waals surface area (Å²) in [5.41, 5.74) is 7.04. The Morgan fingerprint density at radius 1 is 1.05 bits per heavy atom. The minimum atomic E-state index is -0.357. The van der Waals surface area contributed by atoms with Gasteiger partial charge in [-0.3, -0.25) is 0 Å². The lowest BCUT2D eigenvalue weighted by atomic mass is 10.1. The van der Waals surface area contributed by atoms with Crippen LogP contribution in [0, 0.1) is 11.6 Å². The molecule has 0 aliphatic heterocycles. The lowest BCUT2D eigenvalue weighted by molar-refractivity contribution is 0.303. The molecule has 2 nitrogen and oxygen atoms in total. The van der Waals surface area contributed by atoms with Gasteiger partial charge >= 0.3 is 0 Å². The number of nitrogens with two attached hydrogens (primary N) is 1. The molecule has 2 aromatic carbocycles. The molecule has 106 valence electrons. The molecule has 0 radical (unpaired) electrons. The van der Waals surface area contributed by atoms with Gasteiger partial charge in [0.25, 0.3) is 0 Å². The Bertz CT molecular complexity index is 604. The first-order chi connectivity index (χ1) is 9.58. The Hall–Kier alpha value is -1.46. The molecule has 0 aliphatic rings. The molecular weight excluding hydrogens is 328 g/mol. The van der Waals surface area contributed by atoms with Crippen molar-refractivity contribution >= 4 is 15.9 Å². The van der Waals surface area contributed by atoms with E-state index in [1.54, 1.807) is 12.1 Å². The van der Waals surface area contributed by atoms with Crippen LogP contribution in [0.5, 0.6) is 5.75 Å². The van der Waals surface area contributed by atoms with Gasteiger partial charge in [-0.25, -0.2) is 8.78 Å². The van der Waals surface area contributed by atoms with Gasteiger partial charge in [-0.1, -0.05) is 22.0 Å². The van der Waals surface area contributed by atoms with Crippen molar-refractivity contribution in [2.24, 2.45) is 5.73 Å². The monoisotopic (exact) mass is 341 g/mol. The Morgan fingerprint density at radius 2 is 1.85 bits per heavy atom. The summed E-state index contributed by atoms with van der Waals surface area (Å²) in [4.78, 5) is 0. The van der Waals surface area contributed by atoms with Crippen molar-refractivity contribution in [2.75, 3.05) is 6.54 Å². The lowest BCUT2D eigenvalue weighted by Crippen LogP contribution is -2.04. The Labute approximate surface area is 124 Å². The summed E-state index contributed by atoms with van der Waals surface area (Å²) < 4.78 is 32.6. The molecule has 0 fully saturated rings. The summed E-state index contributed by atoms with van der Waals surface area (Å²) in [6.07, 6.45) is 0.592. The fraction of sp³-hybridized carbons (Fsp3) is 0.200. The van der Waals surface area contributed by atoms with Crippen LogP contribution in [-0.4, -0.2) is 6.54 Å². The van der Waals surface area contributed by atoms with E-state index in [4.69, 9.17) is 10.5 Å². The Kier molecular flexibility index (Phi) is 5.09. The quantitative estimate of drug-likeness (QED) is 0.897. The highest BCUT2D eigenvalue weighted by Gasteiger charge is 2.05. The smallest absolute Gasteiger partial charge is 0.127 e. The second-order valence-electron chi connectivity index (χ2n) is 4.36. The molecule has 0 bridgehead atoms. The number of hydrogen-bond donors (Lipinski definition) is 1. The third kappa shape index (κ3) is 4.02. The van der Waals surface area contributed by atoms with Gasteiger partial charge in [0.15, 0.2) is 0 Å². The molecular formula is C15H14BrF2NO. The molecule has 2 rings (SSSR count). The number of rotatable bonds is 5. The first-order valence-corrected chi connectivity index (χ1v) is 6.94. The van der Waals surface area contributed by atoms with Crippen molar-refractivity contribution in [3.05, 3.63) is 63.6 Å². The predicted octanol–water partition coefficient (Wildman–Crippen LogP) is 3.81. The molecule has 0 aromatic heterocycles. The van der Waals surface area contributed by atoms with E-state index in [1.165, 1.54) is 24.3 Å². The van der Waals surface area contributed by atoms with E-state index in [2.05, 4.69) is 15.9 Å². The molecule has 2 N–H and O–H groups in total. The summed E-state index contributed by atoms with van der Waals surface area (Å²) in [5, 5.41) is 0. The molecule has 5 heteroatoms. The van der Waals surface area contributed by atoms with Gasteiger partial charge in [0.1, 0.15) is 24.0 Å². The van der Waals surface area contributed by atoms with Crippen molar-refractivity contribution < 1.29 is 13.5 Å². The van der Waals surface area contributed by atoms with Gasteiger partial charge in [-0.15, -0.1) is 0 Å². The van der Waals surface area contributed by atoms with Crippen LogP contribution in [-0.2, 0) is 13.0 Å². The molecule has 0 atom stereocenters. The first-order valence-electron chi connectivity index (χ1n) is 6.15. The van der Waals surface area contributed by atoms with Crippen molar-refractivity contribution in [2.45, 2.75) is 13.0 Å². The standard InChI is InChI=1S/C15H14BrF2NO/c16-15-8-12(17)2-1-11(15)9-20-14-6-10(3-4-19)5-13(18)7-14/h1-2,5-8H,3-4,9,19H2. The molecule has 0 spiro atoms. The van der Waals surface area contributed by atoms with E-state index in [1.807, 2.05) is 0 Å². The minimum Gasteiger partial charge on any atom is -0.489 e. The molecule has 0 unspecified atom stereocenters. The average molecular weight is 342 g/mol. The van der Waals surface area contributed by atoms with E-state index >= 15 is 0 Å². The van der Waals surface area contributed by atoms with Crippen LogP contribution < -0.4 is 10.5 Å². The summed E-state index contributed by atoms with van der Waals surface area (Å²) in [6.45, 7) is 0.679. The zero-order chi connectivity index (χ0) is 14.5. The average Bonchev–Trinajstić information content (AvgIpc) is 2.37. The van der Waals surface area contributed by atoms with E-state index in [0.29, 0.717) is 23.2 Å². The van der Waals surface area contributed by atoms with Crippen LogP contribution in [0.2, 0.25) is 0 Å². The fourth-order valence-corrected chi connectivity index (χ4v) is 2.28. The minimum absolute atomic E-state index is 0.229. The Balaban J connectivity index is 2.10. The summed E-state index contributed by atoms with van der Waals surface area (Å²) in [7, 11) is 0. The maximum Gasteiger partial charge on any atom is 0.127 e. The predicted molar refractivity (Wildman–Crippen MR) is 77.6 cm³/mol. The molecule has 2 aromatic rings. The third-order valence-corrected chi connectivity index (χ3v) is 3.51.